The van der Waals surface area contributed by atoms with Gasteiger partial charge in [-0.05, 0) is 30.5 Å². The van der Waals surface area contributed by atoms with E-state index in [1.807, 2.05) is 6.92 Å². The Labute approximate surface area is 133 Å². The Morgan fingerprint density at radius 1 is 1.57 bits per heavy atom. The van der Waals surface area contributed by atoms with Gasteiger partial charge in [0.25, 0.3) is 12.3 Å². The van der Waals surface area contributed by atoms with E-state index in [0.29, 0.717) is 42.6 Å². The van der Waals surface area contributed by atoms with Gasteiger partial charge in [0.15, 0.2) is 0 Å². The molecule has 2 aromatic rings. The van der Waals surface area contributed by atoms with Gasteiger partial charge in [0, 0.05) is 11.8 Å². The van der Waals surface area contributed by atoms with E-state index < -0.39 is 11.6 Å². The van der Waals surface area contributed by atoms with E-state index in [4.69, 9.17) is 9.47 Å². The third-order valence-electron chi connectivity index (χ3n) is 4.29. The summed E-state index contributed by atoms with van der Waals surface area (Å²) < 4.78 is 25.3. The predicted molar refractivity (Wildman–Crippen MR) is 81.0 cm³/mol. The van der Waals surface area contributed by atoms with Gasteiger partial charge in [0.1, 0.15) is 5.82 Å². The van der Waals surface area contributed by atoms with E-state index >= 15 is 0 Å². The summed E-state index contributed by atoms with van der Waals surface area (Å²) in [6.45, 7) is 2.73. The Hall–Kier alpha value is -2.39. The van der Waals surface area contributed by atoms with Crippen molar-refractivity contribution < 1.29 is 18.7 Å². The number of hydrogen-bond acceptors (Lipinski definition) is 4. The minimum atomic E-state index is -1.23. The third kappa shape index (κ3) is 2.37. The summed E-state index contributed by atoms with van der Waals surface area (Å²) in [5, 5.41) is 9.87. The lowest BCUT2D eigenvalue weighted by Gasteiger charge is -2.35. The van der Waals surface area contributed by atoms with E-state index in [2.05, 4.69) is 11.1 Å². The number of nitrogens with zero attached hydrogens (tertiary/aromatic N) is 1. The van der Waals surface area contributed by atoms with Crippen molar-refractivity contribution in [2.45, 2.75) is 38.4 Å². The quantitative estimate of drug-likeness (QED) is 0.859. The fraction of sp³-hybridized carbons (Fsp3) is 0.412. The second-order valence-electron chi connectivity index (χ2n) is 5.60. The normalized spacial score (nSPS) is 20.0. The molecule has 120 valence electrons. The smallest absolute Gasteiger partial charge is 0.295 e. The van der Waals surface area contributed by atoms with Gasteiger partial charge in [-0.25, -0.2) is 4.39 Å². The standard InChI is InChI=1S/C17H17FN2O3/c1-2-3-7-17(23-10-21)16-12(6-8-22-17)14-11(9-19)4-5-13(18)15(14)20-16/h4-5,10,20H,2-3,6-8H2,1H3. The van der Waals surface area contributed by atoms with Gasteiger partial charge < -0.3 is 14.5 Å². The molecule has 1 aliphatic heterocycles. The van der Waals surface area contributed by atoms with Crippen molar-refractivity contribution in [3.63, 3.8) is 0 Å². The van der Waals surface area contributed by atoms with Crippen LogP contribution in [0.3, 0.4) is 0 Å². The molecule has 1 aromatic carbocycles. The lowest BCUT2D eigenvalue weighted by molar-refractivity contribution is -0.240. The zero-order valence-corrected chi connectivity index (χ0v) is 12.8. The molecule has 1 unspecified atom stereocenters. The molecule has 6 heteroatoms. The fourth-order valence-electron chi connectivity index (χ4n) is 3.23. The Morgan fingerprint density at radius 3 is 3.09 bits per heavy atom. The number of fused-ring (bicyclic) bond motifs is 3. The van der Waals surface area contributed by atoms with Gasteiger partial charge in [-0.15, -0.1) is 0 Å². The van der Waals surface area contributed by atoms with Crippen molar-refractivity contribution in [3.05, 3.63) is 34.8 Å². The van der Waals surface area contributed by atoms with Crippen LogP contribution in [-0.2, 0) is 26.5 Å². The molecule has 0 bridgehead atoms. The van der Waals surface area contributed by atoms with Crippen LogP contribution in [0.4, 0.5) is 4.39 Å². The second-order valence-corrected chi connectivity index (χ2v) is 5.60. The van der Waals surface area contributed by atoms with Gasteiger partial charge in [-0.3, -0.25) is 4.79 Å². The van der Waals surface area contributed by atoms with Crippen molar-refractivity contribution in [1.82, 2.24) is 4.98 Å². The number of aromatic amines is 1. The Kier molecular flexibility index (Phi) is 4.05. The molecule has 3 rings (SSSR count). The molecule has 0 saturated heterocycles. The van der Waals surface area contributed by atoms with Gasteiger partial charge >= 0.3 is 0 Å². The molecule has 0 amide bonds. The second kappa shape index (κ2) is 6.01. The number of halogens is 1. The number of rotatable bonds is 5. The number of H-pyrrole nitrogens is 1. The molecular formula is C17H17FN2O3. The highest BCUT2D eigenvalue weighted by Gasteiger charge is 2.42. The molecule has 0 fully saturated rings. The number of carbonyl (C=O) groups excluding carboxylic acids is 1. The topological polar surface area (TPSA) is 75.1 Å². The van der Waals surface area contributed by atoms with Crippen molar-refractivity contribution in [1.29, 1.82) is 5.26 Å². The summed E-state index contributed by atoms with van der Waals surface area (Å²) in [4.78, 5) is 14.0. The van der Waals surface area contributed by atoms with Crippen LogP contribution in [0.1, 0.15) is 43.0 Å². The van der Waals surface area contributed by atoms with Gasteiger partial charge in [0.2, 0.25) is 0 Å². The fourth-order valence-corrected chi connectivity index (χ4v) is 3.23. The number of unbranched alkanes of at least 4 members (excludes halogenated alkanes) is 1. The summed E-state index contributed by atoms with van der Waals surface area (Å²) in [6, 6.07) is 4.83. The van der Waals surface area contributed by atoms with E-state index in [1.54, 1.807) is 0 Å². The maximum Gasteiger partial charge on any atom is 0.295 e. The molecule has 0 spiro atoms. The van der Waals surface area contributed by atoms with E-state index in [9.17, 15) is 14.4 Å². The summed E-state index contributed by atoms with van der Waals surface area (Å²) >= 11 is 0. The van der Waals surface area contributed by atoms with Crippen LogP contribution in [0.15, 0.2) is 12.1 Å². The highest BCUT2D eigenvalue weighted by atomic mass is 19.1. The monoisotopic (exact) mass is 316 g/mol. The molecule has 1 atom stereocenters. The van der Waals surface area contributed by atoms with Crippen LogP contribution in [0, 0.1) is 17.1 Å². The Morgan fingerprint density at radius 2 is 2.39 bits per heavy atom. The van der Waals surface area contributed by atoms with Crippen molar-refractivity contribution in [2.75, 3.05) is 6.61 Å². The number of benzene rings is 1. The molecule has 0 aliphatic carbocycles. The molecule has 23 heavy (non-hydrogen) atoms. The zero-order valence-electron chi connectivity index (χ0n) is 12.8. The number of ether oxygens (including phenoxy) is 2. The first kappa shape index (κ1) is 15.5. The van der Waals surface area contributed by atoms with Crippen molar-refractivity contribution in [3.8, 4) is 6.07 Å². The number of nitriles is 1. The molecule has 0 radical (unpaired) electrons. The maximum atomic E-state index is 14.2. The van der Waals surface area contributed by atoms with E-state index in [1.165, 1.54) is 12.1 Å². The predicted octanol–water partition coefficient (Wildman–Crippen LogP) is 3.27. The number of nitrogens with one attached hydrogen (secondary N) is 1. The highest BCUT2D eigenvalue weighted by molar-refractivity contribution is 5.91. The molecule has 0 saturated carbocycles. The molecule has 1 aromatic heterocycles. The van der Waals surface area contributed by atoms with Gasteiger partial charge in [-0.1, -0.05) is 13.3 Å². The SMILES string of the molecule is CCCCC1(OC=O)OCCc2c1[nH]c1c(F)ccc(C#N)c21. The first-order chi connectivity index (χ1) is 11.2. The Balaban J connectivity index is 2.26. The van der Waals surface area contributed by atoms with Crippen LogP contribution in [0.2, 0.25) is 0 Å². The zero-order chi connectivity index (χ0) is 16.4. The number of hydrogen-bond donors (Lipinski definition) is 1. The highest BCUT2D eigenvalue weighted by Crippen LogP contribution is 2.42. The minimum Gasteiger partial charge on any atom is -0.429 e. The lowest BCUT2D eigenvalue weighted by atomic mass is 9.94. The average Bonchev–Trinajstić information content (AvgIpc) is 2.96. The lowest BCUT2D eigenvalue weighted by Crippen LogP contribution is -2.38. The first-order valence-corrected chi connectivity index (χ1v) is 7.66. The molecule has 1 aliphatic rings. The summed E-state index contributed by atoms with van der Waals surface area (Å²) in [6.07, 6.45) is 2.70. The van der Waals surface area contributed by atoms with E-state index in [-0.39, 0.29) is 5.52 Å². The minimum absolute atomic E-state index is 0.259. The van der Waals surface area contributed by atoms with Crippen LogP contribution < -0.4 is 0 Å². The summed E-state index contributed by atoms with van der Waals surface area (Å²) in [7, 11) is 0. The number of carbonyl (C=O) groups is 1. The largest absolute Gasteiger partial charge is 0.429 e. The van der Waals surface area contributed by atoms with Gasteiger partial charge in [0.05, 0.1) is 29.5 Å². The molecule has 1 N–H and O–H groups in total. The molecular weight excluding hydrogens is 299 g/mol. The van der Waals surface area contributed by atoms with Crippen LogP contribution in [0.5, 0.6) is 0 Å². The van der Waals surface area contributed by atoms with Crippen molar-refractivity contribution >= 4 is 17.4 Å². The van der Waals surface area contributed by atoms with E-state index in [0.717, 1.165) is 18.4 Å². The van der Waals surface area contributed by atoms with Crippen molar-refractivity contribution in [2.24, 2.45) is 0 Å². The summed E-state index contributed by atoms with van der Waals surface area (Å²) in [5.74, 6) is -1.67. The first-order valence-electron chi connectivity index (χ1n) is 7.66. The molecule has 5 nitrogen and oxygen atoms in total. The number of aromatic nitrogens is 1. The van der Waals surface area contributed by atoms with Crippen LogP contribution >= 0.6 is 0 Å². The van der Waals surface area contributed by atoms with Gasteiger partial charge in [-0.2, -0.15) is 5.26 Å². The van der Waals surface area contributed by atoms with Crippen LogP contribution in [0.25, 0.3) is 10.9 Å². The average molecular weight is 316 g/mol. The molecule has 2 heterocycles. The van der Waals surface area contributed by atoms with Crippen LogP contribution in [-0.4, -0.2) is 18.1 Å². The Bertz CT molecular complexity index is 793. The summed E-state index contributed by atoms with van der Waals surface area (Å²) in [5.41, 5.74) is 1.99. The third-order valence-corrected chi connectivity index (χ3v) is 4.29. The maximum absolute atomic E-state index is 14.2.